The number of nitrogens with zero attached hydrogens (tertiary/aromatic N) is 1. The molecular weight excluding hydrogens is 371 g/mol. The zero-order chi connectivity index (χ0) is 20.2. The summed E-state index contributed by atoms with van der Waals surface area (Å²) in [4.78, 5) is 31.4. The summed E-state index contributed by atoms with van der Waals surface area (Å²) < 4.78 is 12.4. The molecule has 3 aromatic rings. The minimum absolute atomic E-state index is 0.0405. The first kappa shape index (κ1) is 19.1. The van der Waals surface area contributed by atoms with Gasteiger partial charge in [0.15, 0.2) is 6.67 Å². The van der Waals surface area contributed by atoms with Gasteiger partial charge in [-0.15, -0.1) is 0 Å². The number of rotatable bonds is 5. The van der Waals surface area contributed by atoms with E-state index in [0.29, 0.717) is 22.6 Å². The highest BCUT2D eigenvalue weighted by Gasteiger charge is 2.17. The molecule has 0 bridgehead atoms. The van der Waals surface area contributed by atoms with E-state index in [1.807, 2.05) is 12.1 Å². The van der Waals surface area contributed by atoms with Crippen LogP contribution in [0.1, 0.15) is 42.5 Å². The van der Waals surface area contributed by atoms with Gasteiger partial charge < -0.3 is 15.6 Å². The average molecular weight is 394 g/mol. The number of carbonyl (C=O) groups excluding carboxylic acids is 2. The lowest BCUT2D eigenvalue weighted by Crippen LogP contribution is -2.36. The maximum absolute atomic E-state index is 12.5. The Kier molecular flexibility index (Phi) is 5.55. The number of nitrogens with one attached hydrogen (secondary N) is 3. The summed E-state index contributed by atoms with van der Waals surface area (Å²) in [5, 5.41) is 5.59. The fourth-order valence-electron chi connectivity index (χ4n) is 3.71. The Morgan fingerprint density at radius 3 is 2.55 bits per heavy atom. The minimum atomic E-state index is -1.06. The third-order valence-electron chi connectivity index (χ3n) is 5.25. The standard InChI is InChI=1S/C22H23FN4O2/c23-13-20(28)24-17-10-11-18-19(12-17)27-21(26-18)14-6-8-15(9-7-14)22(29)25-16-4-2-1-3-5-16/h6-12,16H,1-5,13H2,(H,24,28)(H,25,29)(H,26,27). The van der Waals surface area contributed by atoms with Crippen LogP contribution < -0.4 is 10.6 Å². The number of alkyl halides is 1. The molecule has 6 nitrogen and oxygen atoms in total. The van der Waals surface area contributed by atoms with Gasteiger partial charge in [0.1, 0.15) is 5.82 Å². The fourth-order valence-corrected chi connectivity index (χ4v) is 3.71. The minimum Gasteiger partial charge on any atom is -0.349 e. The highest BCUT2D eigenvalue weighted by molar-refractivity contribution is 5.95. The number of halogens is 1. The van der Waals surface area contributed by atoms with Gasteiger partial charge in [-0.25, -0.2) is 9.37 Å². The predicted octanol–water partition coefficient (Wildman–Crippen LogP) is 4.20. The Bertz CT molecular complexity index is 1020. The molecule has 0 unspecified atom stereocenters. The number of benzene rings is 2. The van der Waals surface area contributed by atoms with Crippen molar-refractivity contribution in [1.82, 2.24) is 15.3 Å². The van der Waals surface area contributed by atoms with Crippen LogP contribution in [0.25, 0.3) is 22.4 Å². The van der Waals surface area contributed by atoms with Crippen LogP contribution in [-0.4, -0.2) is 34.5 Å². The summed E-state index contributed by atoms with van der Waals surface area (Å²) in [5.41, 5.74) is 3.44. The maximum Gasteiger partial charge on any atom is 0.255 e. The molecule has 4 rings (SSSR count). The second kappa shape index (κ2) is 8.43. The van der Waals surface area contributed by atoms with Gasteiger partial charge in [-0.05, 0) is 43.2 Å². The Hall–Kier alpha value is -3.22. The van der Waals surface area contributed by atoms with Gasteiger partial charge in [0, 0.05) is 22.9 Å². The van der Waals surface area contributed by atoms with Crippen LogP contribution in [0.5, 0.6) is 0 Å². The molecule has 0 radical (unpaired) electrons. The zero-order valence-electron chi connectivity index (χ0n) is 16.0. The van der Waals surface area contributed by atoms with Crippen molar-refractivity contribution in [3.63, 3.8) is 0 Å². The van der Waals surface area contributed by atoms with Crippen LogP contribution >= 0.6 is 0 Å². The number of H-pyrrole nitrogens is 1. The van der Waals surface area contributed by atoms with E-state index in [2.05, 4.69) is 20.6 Å². The topological polar surface area (TPSA) is 86.9 Å². The third-order valence-corrected chi connectivity index (χ3v) is 5.25. The molecule has 1 aromatic heterocycles. The van der Waals surface area contributed by atoms with Crippen LogP contribution in [0.4, 0.5) is 10.1 Å². The number of aromatic amines is 1. The second-order valence-corrected chi connectivity index (χ2v) is 7.38. The van der Waals surface area contributed by atoms with Gasteiger partial charge in [0.25, 0.3) is 11.8 Å². The average Bonchev–Trinajstić information content (AvgIpc) is 3.18. The van der Waals surface area contributed by atoms with E-state index in [1.165, 1.54) is 19.3 Å². The Morgan fingerprint density at radius 2 is 1.83 bits per heavy atom. The van der Waals surface area contributed by atoms with E-state index in [0.717, 1.165) is 23.9 Å². The monoisotopic (exact) mass is 394 g/mol. The van der Waals surface area contributed by atoms with Crippen molar-refractivity contribution in [2.24, 2.45) is 0 Å². The first-order valence-electron chi connectivity index (χ1n) is 9.89. The number of amides is 2. The molecule has 1 heterocycles. The number of imidazole rings is 1. The van der Waals surface area contributed by atoms with Crippen molar-refractivity contribution >= 4 is 28.5 Å². The Morgan fingerprint density at radius 1 is 1.07 bits per heavy atom. The molecule has 0 atom stereocenters. The lowest BCUT2D eigenvalue weighted by atomic mass is 9.95. The van der Waals surface area contributed by atoms with Crippen LogP contribution in [0.15, 0.2) is 42.5 Å². The molecule has 0 aliphatic heterocycles. The predicted molar refractivity (Wildman–Crippen MR) is 110 cm³/mol. The highest BCUT2D eigenvalue weighted by atomic mass is 19.1. The summed E-state index contributed by atoms with van der Waals surface area (Å²) in [5.74, 6) is -0.0725. The smallest absolute Gasteiger partial charge is 0.255 e. The van der Waals surface area contributed by atoms with Crippen LogP contribution in [0.2, 0.25) is 0 Å². The van der Waals surface area contributed by atoms with Crippen molar-refractivity contribution in [2.45, 2.75) is 38.1 Å². The van der Waals surface area contributed by atoms with Crippen molar-refractivity contribution in [1.29, 1.82) is 0 Å². The molecule has 150 valence electrons. The van der Waals surface area contributed by atoms with Crippen LogP contribution in [0, 0.1) is 0 Å². The number of hydrogen-bond donors (Lipinski definition) is 3. The summed E-state index contributed by atoms with van der Waals surface area (Å²) in [6, 6.07) is 12.8. The van der Waals surface area contributed by atoms with Gasteiger partial charge in [-0.2, -0.15) is 0 Å². The molecule has 1 fully saturated rings. The maximum atomic E-state index is 12.5. The fraction of sp³-hybridized carbons (Fsp3) is 0.318. The number of aromatic nitrogens is 2. The lowest BCUT2D eigenvalue weighted by Gasteiger charge is -2.22. The van der Waals surface area contributed by atoms with Gasteiger partial charge in [-0.1, -0.05) is 31.4 Å². The van der Waals surface area contributed by atoms with E-state index in [-0.39, 0.29) is 11.9 Å². The number of carbonyl (C=O) groups is 2. The molecule has 2 aromatic carbocycles. The largest absolute Gasteiger partial charge is 0.349 e. The second-order valence-electron chi connectivity index (χ2n) is 7.38. The third kappa shape index (κ3) is 4.45. The molecular formula is C22H23FN4O2. The van der Waals surface area contributed by atoms with Crippen LogP contribution in [0.3, 0.4) is 0 Å². The number of fused-ring (bicyclic) bond motifs is 1. The van der Waals surface area contributed by atoms with E-state index < -0.39 is 12.6 Å². The number of anilines is 1. The first-order valence-corrected chi connectivity index (χ1v) is 9.89. The van der Waals surface area contributed by atoms with Gasteiger partial charge in [-0.3, -0.25) is 9.59 Å². The Balaban J connectivity index is 1.48. The molecule has 1 aliphatic carbocycles. The van der Waals surface area contributed by atoms with Crippen molar-refractivity contribution in [2.75, 3.05) is 12.0 Å². The first-order chi connectivity index (χ1) is 14.1. The highest BCUT2D eigenvalue weighted by Crippen LogP contribution is 2.24. The van der Waals surface area contributed by atoms with Crippen molar-refractivity contribution in [3.8, 4) is 11.4 Å². The molecule has 0 spiro atoms. The summed E-state index contributed by atoms with van der Waals surface area (Å²) >= 11 is 0. The van der Waals surface area contributed by atoms with Gasteiger partial charge >= 0.3 is 0 Å². The lowest BCUT2D eigenvalue weighted by molar-refractivity contribution is -0.117. The summed E-state index contributed by atoms with van der Waals surface area (Å²) in [6.45, 7) is -1.06. The molecule has 1 aliphatic rings. The summed E-state index contributed by atoms with van der Waals surface area (Å²) in [7, 11) is 0. The van der Waals surface area contributed by atoms with Gasteiger partial charge in [0.05, 0.1) is 11.0 Å². The van der Waals surface area contributed by atoms with Crippen LogP contribution in [-0.2, 0) is 4.79 Å². The molecule has 7 heteroatoms. The molecule has 2 amide bonds. The molecule has 0 saturated heterocycles. The van der Waals surface area contributed by atoms with E-state index >= 15 is 0 Å². The molecule has 1 saturated carbocycles. The number of hydrogen-bond acceptors (Lipinski definition) is 3. The Labute approximate surface area is 167 Å². The molecule has 3 N–H and O–H groups in total. The normalized spacial score (nSPS) is 14.7. The van der Waals surface area contributed by atoms with E-state index in [9.17, 15) is 14.0 Å². The quantitative estimate of drug-likeness (QED) is 0.606. The summed E-state index contributed by atoms with van der Waals surface area (Å²) in [6.07, 6.45) is 5.71. The van der Waals surface area contributed by atoms with E-state index in [1.54, 1.807) is 30.3 Å². The van der Waals surface area contributed by atoms with Crippen molar-refractivity contribution < 1.29 is 14.0 Å². The zero-order valence-corrected chi connectivity index (χ0v) is 16.0. The van der Waals surface area contributed by atoms with Crippen molar-refractivity contribution in [3.05, 3.63) is 48.0 Å². The molecule has 29 heavy (non-hydrogen) atoms. The SMILES string of the molecule is O=C(CF)Nc1ccc2[nH]c(-c3ccc(C(=O)NC4CCCCC4)cc3)nc2c1. The van der Waals surface area contributed by atoms with E-state index in [4.69, 9.17) is 0 Å². The van der Waals surface area contributed by atoms with Gasteiger partial charge in [0.2, 0.25) is 0 Å².